The van der Waals surface area contributed by atoms with E-state index < -0.39 is 10.0 Å². The minimum atomic E-state index is -3.35. The van der Waals surface area contributed by atoms with Crippen molar-refractivity contribution in [2.75, 3.05) is 26.2 Å². The standard InChI is InChI=1S/C14H23BrN2O2S2/c1-11(2)10-17-7-5-12(6-8-17)9-16-21(18,19)14-4-3-13(15)20-14/h3-4,11-12,16H,5-10H2,1-2H3. The number of piperidine rings is 1. The zero-order valence-corrected chi connectivity index (χ0v) is 15.7. The van der Waals surface area contributed by atoms with Crippen molar-refractivity contribution < 1.29 is 8.42 Å². The summed E-state index contributed by atoms with van der Waals surface area (Å²) >= 11 is 4.55. The lowest BCUT2D eigenvalue weighted by molar-refractivity contribution is 0.169. The van der Waals surface area contributed by atoms with Gasteiger partial charge in [0.25, 0.3) is 0 Å². The van der Waals surface area contributed by atoms with Gasteiger partial charge in [0, 0.05) is 13.1 Å². The SMILES string of the molecule is CC(C)CN1CCC(CNS(=O)(=O)c2ccc(Br)s2)CC1. The Labute approximate surface area is 140 Å². The molecule has 0 radical (unpaired) electrons. The maximum absolute atomic E-state index is 12.2. The second-order valence-electron chi connectivity index (χ2n) is 6.05. The molecule has 0 amide bonds. The van der Waals surface area contributed by atoms with E-state index in [1.165, 1.54) is 11.3 Å². The molecule has 1 aliphatic heterocycles. The van der Waals surface area contributed by atoms with Gasteiger partial charge in [-0.2, -0.15) is 0 Å². The number of halogens is 1. The van der Waals surface area contributed by atoms with Gasteiger partial charge in [0.2, 0.25) is 10.0 Å². The number of sulfonamides is 1. The zero-order valence-electron chi connectivity index (χ0n) is 12.5. The van der Waals surface area contributed by atoms with Gasteiger partial charge >= 0.3 is 0 Å². The first-order valence-electron chi connectivity index (χ1n) is 7.34. The molecule has 0 atom stereocenters. The first-order chi connectivity index (χ1) is 9.87. The Morgan fingerprint density at radius 3 is 2.57 bits per heavy atom. The average molecular weight is 395 g/mol. The second kappa shape index (κ2) is 7.55. The maximum Gasteiger partial charge on any atom is 0.250 e. The van der Waals surface area contributed by atoms with Crippen LogP contribution in [0.3, 0.4) is 0 Å². The van der Waals surface area contributed by atoms with Crippen LogP contribution in [0.5, 0.6) is 0 Å². The largest absolute Gasteiger partial charge is 0.303 e. The molecule has 0 unspecified atom stereocenters. The van der Waals surface area contributed by atoms with E-state index in [0.29, 0.717) is 22.6 Å². The fourth-order valence-corrected chi connectivity index (χ4v) is 5.80. The summed E-state index contributed by atoms with van der Waals surface area (Å²) in [5.41, 5.74) is 0. The smallest absolute Gasteiger partial charge is 0.250 e. The van der Waals surface area contributed by atoms with Crippen molar-refractivity contribution in [3.63, 3.8) is 0 Å². The third kappa shape index (κ3) is 5.32. The van der Waals surface area contributed by atoms with Crippen LogP contribution in [0.15, 0.2) is 20.1 Å². The van der Waals surface area contributed by atoms with Gasteiger partial charge in [-0.3, -0.25) is 0 Å². The highest BCUT2D eigenvalue weighted by Gasteiger charge is 2.22. The molecular weight excluding hydrogens is 372 g/mol. The van der Waals surface area contributed by atoms with E-state index in [2.05, 4.69) is 39.4 Å². The molecule has 120 valence electrons. The van der Waals surface area contributed by atoms with Gasteiger partial charge in [0.15, 0.2) is 0 Å². The zero-order chi connectivity index (χ0) is 15.5. The fraction of sp³-hybridized carbons (Fsp3) is 0.714. The summed E-state index contributed by atoms with van der Waals surface area (Å²) < 4.78 is 28.3. The Morgan fingerprint density at radius 2 is 2.05 bits per heavy atom. The molecule has 0 saturated carbocycles. The van der Waals surface area contributed by atoms with Crippen LogP contribution >= 0.6 is 27.3 Å². The van der Waals surface area contributed by atoms with E-state index >= 15 is 0 Å². The highest BCUT2D eigenvalue weighted by atomic mass is 79.9. The molecule has 21 heavy (non-hydrogen) atoms. The van der Waals surface area contributed by atoms with Crippen molar-refractivity contribution in [3.05, 3.63) is 15.9 Å². The maximum atomic E-state index is 12.2. The number of hydrogen-bond donors (Lipinski definition) is 1. The molecule has 1 saturated heterocycles. The van der Waals surface area contributed by atoms with Gasteiger partial charge in [0.05, 0.1) is 3.79 Å². The molecule has 1 aromatic heterocycles. The summed E-state index contributed by atoms with van der Waals surface area (Å²) in [6, 6.07) is 3.41. The first kappa shape index (κ1) is 17.4. The summed E-state index contributed by atoms with van der Waals surface area (Å²) in [4.78, 5) is 2.48. The predicted octanol–water partition coefficient (Wildman–Crippen LogP) is 3.16. The summed E-state index contributed by atoms with van der Waals surface area (Å²) in [6.07, 6.45) is 2.15. The molecule has 1 fully saturated rings. The Bertz CT molecular complexity index is 549. The molecule has 0 spiro atoms. The Hall–Kier alpha value is 0.0500. The number of nitrogens with one attached hydrogen (secondary N) is 1. The van der Waals surface area contributed by atoms with Crippen LogP contribution in [0.25, 0.3) is 0 Å². The number of hydrogen-bond acceptors (Lipinski definition) is 4. The first-order valence-corrected chi connectivity index (χ1v) is 10.4. The van der Waals surface area contributed by atoms with Gasteiger partial charge in [0.1, 0.15) is 4.21 Å². The van der Waals surface area contributed by atoms with E-state index in [1.54, 1.807) is 12.1 Å². The van der Waals surface area contributed by atoms with Gasteiger partial charge in [-0.25, -0.2) is 13.1 Å². The van der Waals surface area contributed by atoms with Crippen molar-refractivity contribution in [3.8, 4) is 0 Å². The minimum Gasteiger partial charge on any atom is -0.303 e. The third-order valence-electron chi connectivity index (χ3n) is 3.71. The van der Waals surface area contributed by atoms with Crippen LogP contribution in [0.2, 0.25) is 0 Å². The molecule has 2 rings (SSSR count). The second-order valence-corrected chi connectivity index (χ2v) is 10.5. The summed E-state index contributed by atoms with van der Waals surface area (Å²) in [7, 11) is -3.35. The molecule has 1 aromatic rings. The number of likely N-dealkylation sites (tertiary alicyclic amines) is 1. The van der Waals surface area contributed by atoms with Crippen molar-refractivity contribution in [2.45, 2.75) is 30.9 Å². The summed E-state index contributed by atoms with van der Waals surface area (Å²) in [5.74, 6) is 1.14. The lowest BCUT2D eigenvalue weighted by atomic mass is 9.96. The van der Waals surface area contributed by atoms with Crippen molar-refractivity contribution in [2.24, 2.45) is 11.8 Å². The van der Waals surface area contributed by atoms with E-state index in [9.17, 15) is 8.42 Å². The van der Waals surface area contributed by atoms with E-state index in [1.807, 2.05) is 0 Å². The van der Waals surface area contributed by atoms with E-state index in [-0.39, 0.29) is 0 Å². The number of nitrogens with zero attached hydrogens (tertiary/aromatic N) is 1. The molecular formula is C14H23BrN2O2S2. The molecule has 7 heteroatoms. The lowest BCUT2D eigenvalue weighted by Gasteiger charge is -2.32. The van der Waals surface area contributed by atoms with E-state index in [4.69, 9.17) is 0 Å². The molecule has 0 bridgehead atoms. The Balaban J connectivity index is 1.79. The molecule has 1 N–H and O–H groups in total. The Kier molecular flexibility index (Phi) is 6.25. The summed E-state index contributed by atoms with van der Waals surface area (Å²) in [5, 5.41) is 0. The van der Waals surface area contributed by atoms with Gasteiger partial charge in [-0.1, -0.05) is 13.8 Å². The third-order valence-corrected chi connectivity index (χ3v) is 7.24. The van der Waals surface area contributed by atoms with Gasteiger partial charge in [-0.05, 0) is 65.8 Å². The van der Waals surface area contributed by atoms with Crippen LogP contribution in [0.4, 0.5) is 0 Å². The average Bonchev–Trinajstić information content (AvgIpc) is 2.85. The predicted molar refractivity (Wildman–Crippen MR) is 91.2 cm³/mol. The monoisotopic (exact) mass is 394 g/mol. The molecule has 1 aliphatic rings. The van der Waals surface area contributed by atoms with Crippen molar-refractivity contribution in [1.29, 1.82) is 0 Å². The molecule has 4 nitrogen and oxygen atoms in total. The van der Waals surface area contributed by atoms with Crippen LogP contribution in [-0.4, -0.2) is 39.5 Å². The lowest BCUT2D eigenvalue weighted by Crippen LogP contribution is -2.39. The molecule has 0 aliphatic carbocycles. The molecule has 0 aromatic carbocycles. The quantitative estimate of drug-likeness (QED) is 0.805. The normalized spacial score (nSPS) is 18.5. The van der Waals surface area contributed by atoms with Crippen LogP contribution in [-0.2, 0) is 10.0 Å². The van der Waals surface area contributed by atoms with Gasteiger partial charge in [-0.15, -0.1) is 11.3 Å². The van der Waals surface area contributed by atoms with Crippen LogP contribution in [0.1, 0.15) is 26.7 Å². The topological polar surface area (TPSA) is 49.4 Å². The van der Waals surface area contributed by atoms with Crippen molar-refractivity contribution in [1.82, 2.24) is 9.62 Å². The number of rotatable bonds is 6. The van der Waals surface area contributed by atoms with E-state index in [0.717, 1.165) is 36.3 Å². The van der Waals surface area contributed by atoms with Crippen molar-refractivity contribution >= 4 is 37.3 Å². The fourth-order valence-electron chi connectivity index (χ4n) is 2.63. The number of thiophene rings is 1. The van der Waals surface area contributed by atoms with Crippen LogP contribution in [0, 0.1) is 11.8 Å². The minimum absolute atomic E-state index is 0.381. The molecule has 2 heterocycles. The van der Waals surface area contributed by atoms with Gasteiger partial charge < -0.3 is 4.90 Å². The highest BCUT2D eigenvalue weighted by molar-refractivity contribution is 9.11. The summed E-state index contributed by atoms with van der Waals surface area (Å²) in [6.45, 7) is 8.32. The Morgan fingerprint density at radius 1 is 1.38 bits per heavy atom. The highest BCUT2D eigenvalue weighted by Crippen LogP contribution is 2.26. The van der Waals surface area contributed by atoms with Crippen LogP contribution < -0.4 is 4.72 Å².